The molecule has 0 aliphatic rings. The molecule has 1 rings (SSSR count). The van der Waals surface area contributed by atoms with Crippen molar-refractivity contribution in [2.24, 2.45) is 5.73 Å². The largest absolute Gasteiger partial charge is 0.347 e. The molecule has 0 radical (unpaired) electrons. The van der Waals surface area contributed by atoms with Gasteiger partial charge in [0.1, 0.15) is 0 Å². The molecule has 1 unspecified atom stereocenters. The Balaban J connectivity index is 2.49. The normalized spacial score (nSPS) is 12.0. The van der Waals surface area contributed by atoms with Crippen LogP contribution in [-0.2, 0) is 9.59 Å². The van der Waals surface area contributed by atoms with Crippen LogP contribution in [-0.4, -0.2) is 29.9 Å². The number of aryl methyl sites for hydroxylation is 2. The average molecular weight is 270 g/mol. The molecular weight excluding hydrogens is 252 g/mol. The molecule has 1 heterocycles. The highest BCUT2D eigenvalue weighted by Gasteiger charge is 2.15. The summed E-state index contributed by atoms with van der Waals surface area (Å²) in [6.07, 6.45) is 0. The number of nitrogens with zero attached hydrogens (tertiary/aromatic N) is 1. The molecule has 0 aromatic carbocycles. The quantitative estimate of drug-likeness (QED) is 0.702. The number of nitrogens with two attached hydrogens (primary N) is 1. The summed E-state index contributed by atoms with van der Waals surface area (Å²) in [7, 11) is 0. The summed E-state index contributed by atoms with van der Waals surface area (Å²) in [6.45, 7) is 5.56. The van der Waals surface area contributed by atoms with Crippen molar-refractivity contribution in [3.8, 4) is 0 Å². The lowest BCUT2D eigenvalue weighted by molar-refractivity contribution is -0.125. The van der Waals surface area contributed by atoms with Gasteiger partial charge >= 0.3 is 0 Å². The van der Waals surface area contributed by atoms with Crippen molar-refractivity contribution >= 4 is 23.2 Å². The zero-order chi connectivity index (χ0) is 13.7. The Kier molecular flexibility index (Phi) is 5.24. The van der Waals surface area contributed by atoms with E-state index in [1.165, 1.54) is 0 Å². The molecule has 1 atom stereocenters. The molecule has 18 heavy (non-hydrogen) atoms. The van der Waals surface area contributed by atoms with Crippen molar-refractivity contribution in [3.05, 3.63) is 15.6 Å². The lowest BCUT2D eigenvalue weighted by Gasteiger charge is -2.13. The van der Waals surface area contributed by atoms with E-state index >= 15 is 0 Å². The molecule has 1 aromatic rings. The fraction of sp³-hybridized carbons (Fsp3) is 0.545. The summed E-state index contributed by atoms with van der Waals surface area (Å²) in [5.41, 5.74) is 6.05. The Morgan fingerprint density at radius 1 is 1.39 bits per heavy atom. The van der Waals surface area contributed by atoms with Crippen molar-refractivity contribution in [1.82, 2.24) is 15.6 Å². The monoisotopic (exact) mass is 270 g/mol. The predicted octanol–water partition coefficient (Wildman–Crippen LogP) is 0.0120. The summed E-state index contributed by atoms with van der Waals surface area (Å²) in [5, 5.41) is 6.20. The zero-order valence-electron chi connectivity index (χ0n) is 10.7. The van der Waals surface area contributed by atoms with E-state index in [0.717, 1.165) is 15.6 Å². The van der Waals surface area contributed by atoms with Crippen LogP contribution in [0.25, 0.3) is 0 Å². The number of hydrogen-bond acceptors (Lipinski definition) is 5. The second-order valence-corrected chi connectivity index (χ2v) is 5.19. The minimum Gasteiger partial charge on any atom is -0.347 e. The Hall–Kier alpha value is -1.47. The van der Waals surface area contributed by atoms with Gasteiger partial charge in [0.25, 0.3) is 0 Å². The lowest BCUT2D eigenvalue weighted by Crippen LogP contribution is -2.40. The number of rotatable bonds is 5. The van der Waals surface area contributed by atoms with Crippen molar-refractivity contribution < 1.29 is 9.59 Å². The summed E-state index contributed by atoms with van der Waals surface area (Å²) >= 11 is 1.56. The summed E-state index contributed by atoms with van der Waals surface area (Å²) in [5.74, 6) is -0.586. The van der Waals surface area contributed by atoms with Gasteiger partial charge in [-0.25, -0.2) is 4.98 Å². The molecule has 7 heteroatoms. The van der Waals surface area contributed by atoms with Crippen LogP contribution in [0.3, 0.4) is 0 Å². The van der Waals surface area contributed by atoms with Crippen LogP contribution < -0.4 is 16.4 Å². The van der Waals surface area contributed by atoms with E-state index in [2.05, 4.69) is 15.6 Å². The highest BCUT2D eigenvalue weighted by atomic mass is 32.1. The first kappa shape index (κ1) is 14.6. The molecule has 4 N–H and O–H groups in total. The number of nitrogens with one attached hydrogen (secondary N) is 2. The molecule has 0 bridgehead atoms. The molecule has 0 fully saturated rings. The topological polar surface area (TPSA) is 97.1 Å². The second kappa shape index (κ2) is 6.46. The zero-order valence-corrected chi connectivity index (χ0v) is 11.6. The fourth-order valence-corrected chi connectivity index (χ4v) is 2.49. The van der Waals surface area contributed by atoms with E-state index in [4.69, 9.17) is 5.73 Å². The number of carbonyl (C=O) groups excluding carboxylic acids is 2. The van der Waals surface area contributed by atoms with Gasteiger partial charge in [-0.05, 0) is 20.8 Å². The van der Waals surface area contributed by atoms with Gasteiger partial charge in [0, 0.05) is 4.88 Å². The van der Waals surface area contributed by atoms with Crippen LogP contribution in [0.5, 0.6) is 0 Å². The number of amides is 2. The summed E-state index contributed by atoms with van der Waals surface area (Å²) < 4.78 is 0. The van der Waals surface area contributed by atoms with Gasteiger partial charge in [0.15, 0.2) is 0 Å². The molecule has 0 saturated heterocycles. The predicted molar refractivity (Wildman–Crippen MR) is 70.2 cm³/mol. The standard InChI is InChI=1S/C11H18N4O2S/c1-6-11(18-8(3)14-6)7(2)15-10(17)5-13-9(16)4-12/h7H,4-5,12H2,1-3H3,(H,13,16)(H,15,17). The smallest absolute Gasteiger partial charge is 0.239 e. The highest BCUT2D eigenvalue weighted by molar-refractivity contribution is 7.11. The SMILES string of the molecule is Cc1nc(C)c(C(C)NC(=O)CNC(=O)CN)s1. The van der Waals surface area contributed by atoms with Gasteiger partial charge in [-0.3, -0.25) is 9.59 Å². The first-order valence-corrected chi connectivity index (χ1v) is 6.45. The average Bonchev–Trinajstić information content (AvgIpc) is 2.65. The molecule has 2 amide bonds. The fourth-order valence-electron chi connectivity index (χ4n) is 1.56. The highest BCUT2D eigenvalue weighted by Crippen LogP contribution is 2.24. The number of thiazole rings is 1. The molecule has 1 aromatic heterocycles. The molecule has 0 saturated carbocycles. The van der Waals surface area contributed by atoms with Crippen LogP contribution in [0, 0.1) is 13.8 Å². The van der Waals surface area contributed by atoms with Gasteiger partial charge in [0.2, 0.25) is 11.8 Å². The van der Waals surface area contributed by atoms with E-state index in [0.29, 0.717) is 0 Å². The molecule has 100 valence electrons. The Morgan fingerprint density at radius 3 is 2.56 bits per heavy atom. The van der Waals surface area contributed by atoms with Gasteiger partial charge in [-0.15, -0.1) is 11.3 Å². The maximum atomic E-state index is 11.6. The van der Waals surface area contributed by atoms with Crippen LogP contribution >= 0.6 is 11.3 Å². The van der Waals surface area contributed by atoms with Gasteiger partial charge in [-0.1, -0.05) is 0 Å². The van der Waals surface area contributed by atoms with E-state index in [1.54, 1.807) is 11.3 Å². The Bertz CT molecular complexity index is 444. The molecular formula is C11H18N4O2S. The van der Waals surface area contributed by atoms with E-state index in [-0.39, 0.29) is 30.9 Å². The molecule has 6 nitrogen and oxygen atoms in total. The number of hydrogen-bond donors (Lipinski definition) is 3. The maximum absolute atomic E-state index is 11.6. The summed E-state index contributed by atoms with van der Waals surface area (Å²) in [6, 6.07) is -0.113. The lowest BCUT2D eigenvalue weighted by atomic mass is 10.2. The van der Waals surface area contributed by atoms with Gasteiger partial charge in [0.05, 0.1) is 29.8 Å². The third-order valence-corrected chi connectivity index (χ3v) is 3.60. The second-order valence-electron chi connectivity index (χ2n) is 3.95. The van der Waals surface area contributed by atoms with Gasteiger partial charge < -0.3 is 16.4 Å². The van der Waals surface area contributed by atoms with Crippen LogP contribution in [0.15, 0.2) is 0 Å². The van der Waals surface area contributed by atoms with E-state index < -0.39 is 0 Å². The first-order valence-electron chi connectivity index (χ1n) is 5.64. The molecule has 0 aliphatic carbocycles. The molecule has 0 aliphatic heterocycles. The van der Waals surface area contributed by atoms with Crippen LogP contribution in [0.1, 0.15) is 28.5 Å². The van der Waals surface area contributed by atoms with E-state index in [1.807, 2.05) is 20.8 Å². The van der Waals surface area contributed by atoms with Crippen LogP contribution in [0.2, 0.25) is 0 Å². The Labute approximate surface area is 110 Å². The van der Waals surface area contributed by atoms with Crippen molar-refractivity contribution in [2.75, 3.05) is 13.1 Å². The third kappa shape index (κ3) is 4.08. The Morgan fingerprint density at radius 2 is 2.06 bits per heavy atom. The number of aromatic nitrogens is 1. The summed E-state index contributed by atoms with van der Waals surface area (Å²) in [4.78, 5) is 27.8. The van der Waals surface area contributed by atoms with Crippen molar-refractivity contribution in [2.45, 2.75) is 26.8 Å². The van der Waals surface area contributed by atoms with Crippen LogP contribution in [0.4, 0.5) is 0 Å². The maximum Gasteiger partial charge on any atom is 0.239 e. The minimum atomic E-state index is -0.345. The van der Waals surface area contributed by atoms with Gasteiger partial charge in [-0.2, -0.15) is 0 Å². The first-order chi connectivity index (χ1) is 8.43. The third-order valence-electron chi connectivity index (χ3n) is 2.34. The number of carbonyl (C=O) groups is 2. The van der Waals surface area contributed by atoms with Crippen molar-refractivity contribution in [3.63, 3.8) is 0 Å². The molecule has 0 spiro atoms. The van der Waals surface area contributed by atoms with Crippen molar-refractivity contribution in [1.29, 1.82) is 0 Å². The minimum absolute atomic E-state index is 0.0583. The van der Waals surface area contributed by atoms with E-state index in [9.17, 15) is 9.59 Å².